The third kappa shape index (κ3) is 6.08. The van der Waals surface area contributed by atoms with Crippen LogP contribution in [0.3, 0.4) is 0 Å². The Morgan fingerprint density at radius 1 is 1.00 bits per heavy atom. The number of hydrogen-bond donors (Lipinski definition) is 3. The van der Waals surface area contributed by atoms with E-state index < -0.39 is 54.1 Å². The molecule has 0 radical (unpaired) electrons. The van der Waals surface area contributed by atoms with Crippen molar-refractivity contribution in [1.82, 2.24) is 10.6 Å². The molecule has 152 valence electrons. The van der Waals surface area contributed by atoms with Gasteiger partial charge >= 0.3 is 11.9 Å². The van der Waals surface area contributed by atoms with Crippen molar-refractivity contribution >= 4 is 29.7 Å². The molecule has 0 heterocycles. The zero-order chi connectivity index (χ0) is 21.3. The maximum Gasteiger partial charge on any atom is 0.320 e. The third-order valence-electron chi connectivity index (χ3n) is 4.03. The molecule has 0 aliphatic carbocycles. The van der Waals surface area contributed by atoms with Crippen LogP contribution in [0.25, 0.3) is 0 Å². The number of carbonyl (C=O) groups excluding carboxylic acids is 5. The average Bonchev–Trinajstić information content (AvgIpc) is 2.70. The van der Waals surface area contributed by atoms with Gasteiger partial charge in [0.1, 0.15) is 6.04 Å². The molecule has 0 spiro atoms. The summed E-state index contributed by atoms with van der Waals surface area (Å²) in [5, 5.41) is 4.71. The number of nitrogens with two attached hydrogens (primary N) is 1. The Labute approximate surface area is 161 Å². The Morgan fingerprint density at radius 3 is 2.00 bits per heavy atom. The second-order valence-corrected chi connectivity index (χ2v) is 5.88. The van der Waals surface area contributed by atoms with Crippen molar-refractivity contribution < 1.29 is 33.4 Å². The molecule has 10 heteroatoms. The van der Waals surface area contributed by atoms with Crippen LogP contribution in [-0.4, -0.2) is 56.5 Å². The fourth-order valence-electron chi connectivity index (χ4n) is 2.51. The highest BCUT2D eigenvalue weighted by Gasteiger charge is 2.41. The van der Waals surface area contributed by atoms with Crippen LogP contribution in [0.2, 0.25) is 0 Å². The Morgan fingerprint density at radius 2 is 1.54 bits per heavy atom. The molecule has 1 aromatic rings. The van der Waals surface area contributed by atoms with Crippen LogP contribution >= 0.6 is 0 Å². The molecular formula is C18H23N3O7. The van der Waals surface area contributed by atoms with Crippen molar-refractivity contribution in [3.8, 4) is 0 Å². The van der Waals surface area contributed by atoms with Gasteiger partial charge in [0.2, 0.25) is 11.8 Å². The number of amides is 3. The molecule has 0 fully saturated rings. The van der Waals surface area contributed by atoms with E-state index in [0.29, 0.717) is 5.56 Å². The summed E-state index contributed by atoms with van der Waals surface area (Å²) in [5.41, 5.74) is 5.66. The maximum absolute atomic E-state index is 12.1. The van der Waals surface area contributed by atoms with E-state index in [2.05, 4.69) is 20.1 Å². The largest absolute Gasteiger partial charge is 0.468 e. The summed E-state index contributed by atoms with van der Waals surface area (Å²) in [6.45, 7) is 0.933. The lowest BCUT2D eigenvalue weighted by Crippen LogP contribution is -2.54. The van der Waals surface area contributed by atoms with Gasteiger partial charge in [-0.3, -0.25) is 24.0 Å². The molecule has 1 rings (SSSR count). The lowest BCUT2D eigenvalue weighted by atomic mass is 9.87. The summed E-state index contributed by atoms with van der Waals surface area (Å²) in [7, 11) is 2.14. The Hall–Kier alpha value is -3.43. The quantitative estimate of drug-likeness (QED) is 0.358. The Kier molecular flexibility index (Phi) is 8.60. The van der Waals surface area contributed by atoms with Crippen LogP contribution < -0.4 is 16.4 Å². The Balaban J connectivity index is 2.81. The molecule has 0 aliphatic rings. The normalized spacial score (nSPS) is 12.4. The maximum atomic E-state index is 12.1. The van der Waals surface area contributed by atoms with Crippen molar-refractivity contribution in [3.05, 3.63) is 35.9 Å². The van der Waals surface area contributed by atoms with Crippen LogP contribution in [0.15, 0.2) is 30.3 Å². The number of rotatable bonds is 9. The summed E-state index contributed by atoms with van der Waals surface area (Å²) < 4.78 is 9.12. The topological polar surface area (TPSA) is 154 Å². The molecule has 0 aliphatic heterocycles. The van der Waals surface area contributed by atoms with E-state index in [-0.39, 0.29) is 0 Å². The fourth-order valence-corrected chi connectivity index (χ4v) is 2.51. The highest BCUT2D eigenvalue weighted by Crippen LogP contribution is 2.19. The van der Waals surface area contributed by atoms with Gasteiger partial charge in [0, 0.05) is 11.5 Å². The summed E-state index contributed by atoms with van der Waals surface area (Å²) in [6, 6.07) is 6.84. The minimum atomic E-state index is -1.47. The van der Waals surface area contributed by atoms with Gasteiger partial charge in [-0.1, -0.05) is 25.1 Å². The van der Waals surface area contributed by atoms with Crippen LogP contribution in [-0.2, 0) is 28.7 Å². The first-order valence-electron chi connectivity index (χ1n) is 8.30. The van der Waals surface area contributed by atoms with Crippen LogP contribution in [0.1, 0.15) is 17.3 Å². The van der Waals surface area contributed by atoms with E-state index in [1.807, 2.05) is 0 Å². The van der Waals surface area contributed by atoms with E-state index in [0.717, 1.165) is 14.2 Å². The number of benzene rings is 1. The van der Waals surface area contributed by atoms with E-state index >= 15 is 0 Å². The van der Waals surface area contributed by atoms with Gasteiger partial charge in [-0.05, 0) is 12.1 Å². The van der Waals surface area contributed by atoms with E-state index in [1.165, 1.54) is 6.92 Å². The van der Waals surface area contributed by atoms with Crippen molar-refractivity contribution in [3.63, 3.8) is 0 Å². The number of nitrogens with one attached hydrogen (secondary N) is 2. The third-order valence-corrected chi connectivity index (χ3v) is 4.03. The Bertz CT molecular complexity index is 720. The van der Waals surface area contributed by atoms with Crippen molar-refractivity contribution in [1.29, 1.82) is 0 Å². The number of ether oxygens (including phenoxy) is 2. The van der Waals surface area contributed by atoms with Gasteiger partial charge in [-0.25, -0.2) is 0 Å². The van der Waals surface area contributed by atoms with Gasteiger partial charge < -0.3 is 25.8 Å². The van der Waals surface area contributed by atoms with Gasteiger partial charge in [-0.2, -0.15) is 0 Å². The van der Waals surface area contributed by atoms with Crippen molar-refractivity contribution in [2.45, 2.75) is 13.0 Å². The predicted molar refractivity (Wildman–Crippen MR) is 96.6 cm³/mol. The number of methoxy groups -OCH3 is 2. The van der Waals surface area contributed by atoms with E-state index in [9.17, 15) is 24.0 Å². The summed E-state index contributed by atoms with van der Waals surface area (Å²) in [4.78, 5) is 59.7. The number of carbonyl (C=O) groups is 5. The van der Waals surface area contributed by atoms with Crippen LogP contribution in [0.5, 0.6) is 0 Å². The summed E-state index contributed by atoms with van der Waals surface area (Å²) >= 11 is 0. The molecular weight excluding hydrogens is 370 g/mol. The number of hydrogen-bond acceptors (Lipinski definition) is 7. The van der Waals surface area contributed by atoms with Gasteiger partial charge in [-0.15, -0.1) is 0 Å². The molecule has 28 heavy (non-hydrogen) atoms. The lowest BCUT2D eigenvalue weighted by Gasteiger charge is -2.26. The molecule has 0 saturated heterocycles. The monoisotopic (exact) mass is 393 g/mol. The molecule has 0 aromatic heterocycles. The van der Waals surface area contributed by atoms with E-state index in [1.54, 1.807) is 30.3 Å². The first-order valence-corrected chi connectivity index (χ1v) is 8.30. The van der Waals surface area contributed by atoms with Gasteiger partial charge in [0.25, 0.3) is 5.91 Å². The summed E-state index contributed by atoms with van der Waals surface area (Å²) in [5.74, 6) is -6.56. The van der Waals surface area contributed by atoms with Gasteiger partial charge in [0.05, 0.1) is 20.8 Å². The van der Waals surface area contributed by atoms with Crippen LogP contribution in [0.4, 0.5) is 0 Å². The van der Waals surface area contributed by atoms with Crippen LogP contribution in [0, 0.1) is 11.8 Å². The standard InChI is InChI=1S/C18H23N3O7/c1-10(13(17(25)27-2)18(26)28-3)14(15(19)23)21-12(22)9-20-16(24)11-7-5-4-6-8-11/h4-8,10,13-14H,9H2,1-3H3,(H2,19,23)(H,20,24)(H,21,22)/t10-,14+/m1/s1. The zero-order valence-electron chi connectivity index (χ0n) is 15.8. The molecule has 1 aromatic carbocycles. The molecule has 2 atom stereocenters. The van der Waals surface area contributed by atoms with Gasteiger partial charge in [0.15, 0.2) is 5.92 Å². The molecule has 3 amide bonds. The SMILES string of the molecule is COC(=O)C(C(=O)OC)[C@@H](C)[C@H](NC(=O)CNC(=O)c1ccccc1)C(N)=O. The molecule has 0 unspecified atom stereocenters. The smallest absolute Gasteiger partial charge is 0.320 e. The first kappa shape index (κ1) is 22.6. The minimum absolute atomic E-state index is 0.353. The van der Waals surface area contributed by atoms with E-state index in [4.69, 9.17) is 5.73 Å². The second-order valence-electron chi connectivity index (χ2n) is 5.88. The first-order chi connectivity index (χ1) is 13.2. The molecule has 10 nitrogen and oxygen atoms in total. The lowest BCUT2D eigenvalue weighted by molar-refractivity contribution is -0.162. The highest BCUT2D eigenvalue weighted by molar-refractivity contribution is 5.98. The summed E-state index contributed by atoms with van der Waals surface area (Å²) in [6.07, 6.45) is 0. The fraction of sp³-hybridized carbons (Fsp3) is 0.389. The average molecular weight is 393 g/mol. The van der Waals surface area contributed by atoms with Crippen molar-refractivity contribution in [2.75, 3.05) is 20.8 Å². The molecule has 4 N–H and O–H groups in total. The van der Waals surface area contributed by atoms with Crippen molar-refractivity contribution in [2.24, 2.45) is 17.6 Å². The number of primary amides is 1. The molecule has 0 saturated carbocycles. The zero-order valence-corrected chi connectivity index (χ0v) is 15.8. The number of esters is 2. The minimum Gasteiger partial charge on any atom is -0.468 e. The molecule has 0 bridgehead atoms. The second kappa shape index (κ2) is 10.7. The predicted octanol–water partition coefficient (Wildman–Crippen LogP) is -1.02. The highest BCUT2D eigenvalue weighted by atomic mass is 16.5.